The number of fused-ring (bicyclic) bond motifs is 1. The van der Waals surface area contributed by atoms with E-state index >= 15 is 0 Å². The topological polar surface area (TPSA) is 63.2 Å². The Kier molecular flexibility index (Phi) is 7.39. The number of alkyl halides is 3. The number of thioether (sulfide) groups is 1. The Bertz CT molecular complexity index is 751. The molecule has 2 N–H and O–H groups in total. The second kappa shape index (κ2) is 9.12. The second-order valence-corrected chi connectivity index (χ2v) is 7.71. The molecule has 0 spiro atoms. The van der Waals surface area contributed by atoms with Crippen molar-refractivity contribution >= 4 is 56.8 Å². The van der Waals surface area contributed by atoms with Gasteiger partial charge in [0.2, 0.25) is 5.91 Å². The van der Waals surface area contributed by atoms with Gasteiger partial charge in [-0.15, -0.1) is 12.4 Å². The molecule has 1 unspecified atom stereocenters. The average molecular weight is 428 g/mol. The summed E-state index contributed by atoms with van der Waals surface area (Å²) in [4.78, 5) is 16.4. The van der Waals surface area contributed by atoms with Crippen molar-refractivity contribution in [2.24, 2.45) is 0 Å². The number of ether oxygens (including phenoxy) is 1. The zero-order chi connectivity index (χ0) is 17.9. The lowest BCUT2D eigenvalue weighted by Gasteiger charge is -2.22. The number of anilines is 1. The lowest BCUT2D eigenvalue weighted by atomic mass is 10.2. The number of hydrogen-bond donors (Lipinski definition) is 2. The van der Waals surface area contributed by atoms with E-state index in [1.807, 2.05) is 11.8 Å². The smallest absolute Gasteiger partial charge is 0.422 e. The SMILES string of the molecule is Cl.O=C(CC1CSCCN1)Nc1nc2ccc(OCC(F)(F)F)cc2s1. The van der Waals surface area contributed by atoms with E-state index < -0.39 is 12.8 Å². The molecule has 26 heavy (non-hydrogen) atoms. The van der Waals surface area contributed by atoms with Crippen molar-refractivity contribution in [2.45, 2.75) is 18.6 Å². The van der Waals surface area contributed by atoms with Gasteiger partial charge in [-0.25, -0.2) is 4.98 Å². The van der Waals surface area contributed by atoms with Crippen LogP contribution >= 0.6 is 35.5 Å². The highest BCUT2D eigenvalue weighted by molar-refractivity contribution is 7.99. The van der Waals surface area contributed by atoms with E-state index in [-0.39, 0.29) is 30.1 Å². The highest BCUT2D eigenvalue weighted by Gasteiger charge is 2.28. The van der Waals surface area contributed by atoms with Crippen molar-refractivity contribution in [2.75, 3.05) is 30.0 Å². The van der Waals surface area contributed by atoms with Crippen LogP contribution in [0.25, 0.3) is 10.2 Å². The van der Waals surface area contributed by atoms with Gasteiger partial charge in [0.25, 0.3) is 0 Å². The number of aromatic nitrogens is 1. The van der Waals surface area contributed by atoms with E-state index in [1.54, 1.807) is 6.07 Å². The second-order valence-electron chi connectivity index (χ2n) is 5.53. The number of halogens is 4. The van der Waals surface area contributed by atoms with Crippen LogP contribution in [-0.4, -0.2) is 47.8 Å². The summed E-state index contributed by atoms with van der Waals surface area (Å²) < 4.78 is 42.0. The Morgan fingerprint density at radius 1 is 1.42 bits per heavy atom. The molecule has 1 amide bonds. The molecule has 144 valence electrons. The molecule has 1 aliphatic heterocycles. The van der Waals surface area contributed by atoms with Crippen LogP contribution in [0.15, 0.2) is 18.2 Å². The third kappa shape index (κ3) is 6.19. The van der Waals surface area contributed by atoms with Crippen LogP contribution in [0, 0.1) is 0 Å². The summed E-state index contributed by atoms with van der Waals surface area (Å²) in [6.07, 6.45) is -4.02. The fourth-order valence-electron chi connectivity index (χ4n) is 2.36. The number of carbonyl (C=O) groups excluding carboxylic acids is 1. The quantitative estimate of drug-likeness (QED) is 0.762. The Labute approximate surface area is 162 Å². The molecule has 3 rings (SSSR count). The lowest BCUT2D eigenvalue weighted by molar-refractivity contribution is -0.153. The first kappa shape index (κ1) is 21.1. The fraction of sp³-hybridized carbons (Fsp3) is 0.467. The molecule has 0 radical (unpaired) electrons. The van der Waals surface area contributed by atoms with E-state index in [0.29, 0.717) is 21.8 Å². The number of hydrogen-bond acceptors (Lipinski definition) is 6. The maximum absolute atomic E-state index is 12.2. The summed E-state index contributed by atoms with van der Waals surface area (Å²) in [5.74, 6) is 1.93. The molecule has 1 aliphatic rings. The molecule has 1 fully saturated rings. The van der Waals surface area contributed by atoms with Gasteiger partial charge >= 0.3 is 6.18 Å². The first-order valence-corrected chi connectivity index (χ1v) is 9.57. The fourth-order valence-corrected chi connectivity index (χ4v) is 4.22. The third-order valence-electron chi connectivity index (χ3n) is 3.44. The lowest BCUT2D eigenvalue weighted by Crippen LogP contribution is -2.39. The van der Waals surface area contributed by atoms with E-state index in [9.17, 15) is 18.0 Å². The van der Waals surface area contributed by atoms with Crippen LogP contribution in [-0.2, 0) is 4.79 Å². The predicted molar refractivity (Wildman–Crippen MR) is 101 cm³/mol. The van der Waals surface area contributed by atoms with Crippen LogP contribution in [0.1, 0.15) is 6.42 Å². The first-order chi connectivity index (χ1) is 11.9. The maximum Gasteiger partial charge on any atom is 0.422 e. The van der Waals surface area contributed by atoms with E-state index in [2.05, 4.69) is 15.6 Å². The largest absolute Gasteiger partial charge is 0.484 e. The van der Waals surface area contributed by atoms with Gasteiger partial charge in [0, 0.05) is 30.5 Å². The monoisotopic (exact) mass is 427 g/mol. The molecule has 1 aromatic heterocycles. The van der Waals surface area contributed by atoms with Gasteiger partial charge in [-0.2, -0.15) is 24.9 Å². The summed E-state index contributed by atoms with van der Waals surface area (Å²) in [7, 11) is 0. The summed E-state index contributed by atoms with van der Waals surface area (Å²) in [6, 6.07) is 4.65. The minimum atomic E-state index is -4.38. The van der Waals surface area contributed by atoms with Crippen LogP contribution < -0.4 is 15.4 Å². The Morgan fingerprint density at radius 3 is 2.92 bits per heavy atom. The molecular weight excluding hydrogens is 411 g/mol. The van der Waals surface area contributed by atoms with E-state index in [0.717, 1.165) is 18.1 Å². The van der Waals surface area contributed by atoms with Crippen LogP contribution in [0.5, 0.6) is 5.75 Å². The summed E-state index contributed by atoms with van der Waals surface area (Å²) in [5.41, 5.74) is 0.603. The molecular formula is C15H17ClF3N3O2S2. The molecule has 1 atom stereocenters. The van der Waals surface area contributed by atoms with Gasteiger partial charge < -0.3 is 15.4 Å². The molecule has 0 aliphatic carbocycles. The molecule has 5 nitrogen and oxygen atoms in total. The normalized spacial score (nSPS) is 17.6. The Hall–Kier alpha value is -1.23. The zero-order valence-electron chi connectivity index (χ0n) is 13.5. The minimum Gasteiger partial charge on any atom is -0.484 e. The Morgan fingerprint density at radius 2 is 2.23 bits per heavy atom. The Balaban J connectivity index is 0.00000243. The molecule has 1 aromatic carbocycles. The number of amides is 1. The number of nitrogens with one attached hydrogen (secondary N) is 2. The number of thiazole rings is 1. The zero-order valence-corrected chi connectivity index (χ0v) is 15.9. The molecule has 2 heterocycles. The van der Waals surface area contributed by atoms with Crippen LogP contribution in [0.4, 0.5) is 18.3 Å². The predicted octanol–water partition coefficient (Wildman–Crippen LogP) is 3.69. The van der Waals surface area contributed by atoms with Gasteiger partial charge in [-0.3, -0.25) is 4.79 Å². The standard InChI is InChI=1S/C15H16F3N3O2S2.ClH/c16-15(17,18)8-23-10-1-2-11-12(6-10)25-14(20-11)21-13(22)5-9-7-24-4-3-19-9;/h1-2,6,9,19H,3-5,7-8H2,(H,20,21,22);1H. The highest BCUT2D eigenvalue weighted by Crippen LogP contribution is 2.30. The molecule has 0 bridgehead atoms. The number of carbonyl (C=O) groups is 1. The summed E-state index contributed by atoms with van der Waals surface area (Å²) >= 11 is 3.02. The van der Waals surface area contributed by atoms with Gasteiger partial charge in [0.15, 0.2) is 11.7 Å². The summed E-state index contributed by atoms with van der Waals surface area (Å²) in [5, 5.41) is 6.47. The van der Waals surface area contributed by atoms with Crippen molar-refractivity contribution in [1.82, 2.24) is 10.3 Å². The van der Waals surface area contributed by atoms with Crippen LogP contribution in [0.3, 0.4) is 0 Å². The molecule has 0 saturated carbocycles. The average Bonchev–Trinajstić information content (AvgIpc) is 2.94. The van der Waals surface area contributed by atoms with E-state index in [1.165, 1.54) is 23.5 Å². The number of benzene rings is 1. The maximum atomic E-state index is 12.2. The van der Waals surface area contributed by atoms with Crippen molar-refractivity contribution in [1.29, 1.82) is 0 Å². The number of rotatable bonds is 5. The van der Waals surface area contributed by atoms with Crippen molar-refractivity contribution in [3.63, 3.8) is 0 Å². The number of nitrogens with zero attached hydrogens (tertiary/aromatic N) is 1. The summed E-state index contributed by atoms with van der Waals surface area (Å²) in [6.45, 7) is -0.447. The van der Waals surface area contributed by atoms with Crippen molar-refractivity contribution < 1.29 is 22.7 Å². The van der Waals surface area contributed by atoms with Gasteiger partial charge in [-0.05, 0) is 18.2 Å². The first-order valence-electron chi connectivity index (χ1n) is 7.60. The van der Waals surface area contributed by atoms with Gasteiger partial charge in [0.1, 0.15) is 5.75 Å². The molecule has 2 aromatic rings. The molecule has 1 saturated heterocycles. The molecule has 11 heteroatoms. The van der Waals surface area contributed by atoms with Crippen molar-refractivity contribution in [3.8, 4) is 5.75 Å². The third-order valence-corrected chi connectivity index (χ3v) is 5.50. The van der Waals surface area contributed by atoms with Gasteiger partial charge in [0.05, 0.1) is 10.2 Å². The van der Waals surface area contributed by atoms with Gasteiger partial charge in [-0.1, -0.05) is 11.3 Å². The van der Waals surface area contributed by atoms with Crippen molar-refractivity contribution in [3.05, 3.63) is 18.2 Å². The highest BCUT2D eigenvalue weighted by atomic mass is 35.5. The van der Waals surface area contributed by atoms with E-state index in [4.69, 9.17) is 4.74 Å². The minimum absolute atomic E-state index is 0. The van der Waals surface area contributed by atoms with Crippen LogP contribution in [0.2, 0.25) is 0 Å².